The molecule has 1 heterocycles. The second-order valence-corrected chi connectivity index (χ2v) is 5.44. The Labute approximate surface area is 133 Å². The maximum Gasteiger partial charge on any atom is 0.191 e. The molecule has 0 saturated heterocycles. The predicted molar refractivity (Wildman–Crippen MR) is 90.4 cm³/mol. The lowest BCUT2D eigenvalue weighted by molar-refractivity contribution is 0.180. The first kappa shape index (κ1) is 18.5. The number of hydrogen-bond acceptors (Lipinski definition) is 4. The van der Waals surface area contributed by atoms with Crippen molar-refractivity contribution in [1.29, 1.82) is 0 Å². The quantitative estimate of drug-likeness (QED) is 0.411. The molecule has 0 aromatic carbocycles. The van der Waals surface area contributed by atoms with Crippen LogP contribution in [0.3, 0.4) is 0 Å². The van der Waals surface area contributed by atoms with Gasteiger partial charge in [0.15, 0.2) is 5.96 Å². The molecule has 1 aromatic rings. The van der Waals surface area contributed by atoms with Crippen LogP contribution in [0.2, 0.25) is 0 Å². The summed E-state index contributed by atoms with van der Waals surface area (Å²) in [5.41, 5.74) is 1.16. The van der Waals surface area contributed by atoms with Crippen LogP contribution in [0.25, 0.3) is 0 Å². The minimum atomic E-state index is 0.715. The Balaban J connectivity index is 2.24. The van der Waals surface area contributed by atoms with Gasteiger partial charge in [0.1, 0.15) is 11.5 Å². The van der Waals surface area contributed by atoms with Gasteiger partial charge in [-0.05, 0) is 33.4 Å². The van der Waals surface area contributed by atoms with E-state index in [2.05, 4.69) is 33.6 Å². The van der Waals surface area contributed by atoms with Gasteiger partial charge in [-0.15, -0.1) is 0 Å². The highest BCUT2D eigenvalue weighted by atomic mass is 16.5. The van der Waals surface area contributed by atoms with Crippen LogP contribution in [0.4, 0.5) is 0 Å². The molecule has 0 amide bonds. The summed E-state index contributed by atoms with van der Waals surface area (Å²) in [6.45, 7) is 8.32. The van der Waals surface area contributed by atoms with Crippen molar-refractivity contribution in [2.75, 3.05) is 47.4 Å². The summed E-state index contributed by atoms with van der Waals surface area (Å²) >= 11 is 0. The van der Waals surface area contributed by atoms with E-state index in [1.54, 1.807) is 14.2 Å². The molecule has 0 aliphatic heterocycles. The van der Waals surface area contributed by atoms with E-state index in [1.807, 2.05) is 13.8 Å². The molecule has 126 valence electrons. The van der Waals surface area contributed by atoms with Crippen molar-refractivity contribution in [1.82, 2.24) is 15.5 Å². The Kier molecular flexibility index (Phi) is 8.62. The summed E-state index contributed by atoms with van der Waals surface area (Å²) in [7, 11) is 5.64. The first-order chi connectivity index (χ1) is 10.6. The van der Waals surface area contributed by atoms with Crippen molar-refractivity contribution in [3.05, 3.63) is 23.2 Å². The average molecular weight is 310 g/mol. The highest BCUT2D eigenvalue weighted by Crippen LogP contribution is 2.12. The zero-order valence-corrected chi connectivity index (χ0v) is 14.5. The van der Waals surface area contributed by atoms with Gasteiger partial charge in [0, 0.05) is 52.5 Å². The van der Waals surface area contributed by atoms with Crippen LogP contribution in [0, 0.1) is 13.8 Å². The number of guanidine groups is 1. The van der Waals surface area contributed by atoms with Gasteiger partial charge in [0.2, 0.25) is 0 Å². The largest absolute Gasteiger partial charge is 0.466 e. The second-order valence-electron chi connectivity index (χ2n) is 5.44. The second kappa shape index (κ2) is 10.2. The molecule has 0 aliphatic carbocycles. The normalized spacial score (nSPS) is 12.0. The molecule has 0 spiro atoms. The summed E-state index contributed by atoms with van der Waals surface area (Å²) in [6.07, 6.45) is 1.05. The van der Waals surface area contributed by atoms with E-state index in [1.165, 1.54) is 0 Å². The molecular formula is C16H30N4O2. The summed E-state index contributed by atoms with van der Waals surface area (Å²) in [5, 5.41) is 6.63. The van der Waals surface area contributed by atoms with Crippen molar-refractivity contribution in [3.63, 3.8) is 0 Å². The number of methoxy groups -OCH3 is 1. The van der Waals surface area contributed by atoms with E-state index < -0.39 is 0 Å². The van der Waals surface area contributed by atoms with Crippen LogP contribution in [0.1, 0.15) is 23.5 Å². The number of hydrogen-bond donors (Lipinski definition) is 2. The van der Waals surface area contributed by atoms with Gasteiger partial charge in [0.25, 0.3) is 0 Å². The Morgan fingerprint density at radius 2 is 2.09 bits per heavy atom. The van der Waals surface area contributed by atoms with Gasteiger partial charge < -0.3 is 24.7 Å². The third kappa shape index (κ3) is 6.95. The Hall–Kier alpha value is -1.53. The van der Waals surface area contributed by atoms with Crippen molar-refractivity contribution < 1.29 is 9.15 Å². The maximum atomic E-state index is 5.52. The molecule has 0 aliphatic rings. The molecular weight excluding hydrogens is 280 g/mol. The van der Waals surface area contributed by atoms with Crippen LogP contribution in [0.5, 0.6) is 0 Å². The standard InChI is InChI=1S/C16H30N4O2/c1-13-11-15(14(2)22-13)12-19-16(17-3)18-7-9-20(4)8-6-10-21-5/h11H,6-10,12H2,1-5H3,(H2,17,18,19). The molecule has 0 atom stereocenters. The topological polar surface area (TPSA) is 62.0 Å². The monoisotopic (exact) mass is 310 g/mol. The molecule has 6 heteroatoms. The Morgan fingerprint density at radius 1 is 1.32 bits per heavy atom. The number of ether oxygens (including phenoxy) is 1. The van der Waals surface area contributed by atoms with Crippen LogP contribution in [-0.2, 0) is 11.3 Å². The molecule has 2 N–H and O–H groups in total. The Morgan fingerprint density at radius 3 is 2.68 bits per heavy atom. The lowest BCUT2D eigenvalue weighted by Gasteiger charge is -2.18. The zero-order valence-electron chi connectivity index (χ0n) is 14.5. The highest BCUT2D eigenvalue weighted by Gasteiger charge is 2.05. The van der Waals surface area contributed by atoms with E-state index in [4.69, 9.17) is 9.15 Å². The van der Waals surface area contributed by atoms with Gasteiger partial charge >= 0.3 is 0 Å². The molecule has 22 heavy (non-hydrogen) atoms. The SMILES string of the molecule is CN=C(NCCN(C)CCCOC)NCc1cc(C)oc1C. The van der Waals surface area contributed by atoms with Crippen LogP contribution < -0.4 is 10.6 Å². The van der Waals surface area contributed by atoms with Crippen molar-refractivity contribution in [2.45, 2.75) is 26.8 Å². The fourth-order valence-corrected chi connectivity index (χ4v) is 2.21. The van der Waals surface area contributed by atoms with Gasteiger partial charge in [-0.25, -0.2) is 0 Å². The highest BCUT2D eigenvalue weighted by molar-refractivity contribution is 5.79. The molecule has 1 aromatic heterocycles. The van der Waals surface area contributed by atoms with E-state index >= 15 is 0 Å². The molecule has 0 bridgehead atoms. The Bertz CT molecular complexity index is 457. The first-order valence-electron chi connectivity index (χ1n) is 7.74. The smallest absolute Gasteiger partial charge is 0.191 e. The molecule has 0 unspecified atom stereocenters. The van der Waals surface area contributed by atoms with E-state index in [-0.39, 0.29) is 0 Å². The third-order valence-corrected chi connectivity index (χ3v) is 3.49. The van der Waals surface area contributed by atoms with Crippen LogP contribution >= 0.6 is 0 Å². The number of aliphatic imine (C=N–C) groups is 1. The summed E-state index contributed by atoms with van der Waals surface area (Å²) in [4.78, 5) is 6.52. The summed E-state index contributed by atoms with van der Waals surface area (Å²) in [5.74, 6) is 2.71. The van der Waals surface area contributed by atoms with E-state index in [0.29, 0.717) is 6.54 Å². The maximum absolute atomic E-state index is 5.52. The van der Waals surface area contributed by atoms with Crippen molar-refractivity contribution in [2.24, 2.45) is 4.99 Å². The van der Waals surface area contributed by atoms with E-state index in [0.717, 1.165) is 55.7 Å². The zero-order chi connectivity index (χ0) is 16.4. The third-order valence-electron chi connectivity index (χ3n) is 3.49. The van der Waals surface area contributed by atoms with Gasteiger partial charge in [-0.2, -0.15) is 0 Å². The fourth-order valence-electron chi connectivity index (χ4n) is 2.21. The summed E-state index contributed by atoms with van der Waals surface area (Å²) in [6, 6.07) is 2.05. The first-order valence-corrected chi connectivity index (χ1v) is 7.74. The number of likely N-dealkylation sites (N-methyl/N-ethyl adjacent to an activating group) is 1. The predicted octanol–water partition coefficient (Wildman–Crippen LogP) is 1.53. The molecule has 6 nitrogen and oxygen atoms in total. The number of furan rings is 1. The van der Waals surface area contributed by atoms with Crippen molar-refractivity contribution in [3.8, 4) is 0 Å². The summed E-state index contributed by atoms with van der Waals surface area (Å²) < 4.78 is 10.6. The number of nitrogens with one attached hydrogen (secondary N) is 2. The average Bonchev–Trinajstić information content (AvgIpc) is 2.81. The van der Waals surface area contributed by atoms with Crippen LogP contribution in [0.15, 0.2) is 15.5 Å². The lowest BCUT2D eigenvalue weighted by Crippen LogP contribution is -2.40. The van der Waals surface area contributed by atoms with Gasteiger partial charge in [0.05, 0.1) is 0 Å². The molecule has 0 saturated carbocycles. The fraction of sp³-hybridized carbons (Fsp3) is 0.688. The number of rotatable bonds is 9. The minimum absolute atomic E-state index is 0.715. The minimum Gasteiger partial charge on any atom is -0.466 e. The molecule has 0 fully saturated rings. The van der Waals surface area contributed by atoms with Crippen LogP contribution in [-0.4, -0.2) is 58.3 Å². The molecule has 1 rings (SSSR count). The number of aryl methyl sites for hydroxylation is 2. The molecule has 0 radical (unpaired) electrons. The lowest BCUT2D eigenvalue weighted by atomic mass is 10.2. The van der Waals surface area contributed by atoms with E-state index in [9.17, 15) is 0 Å². The number of nitrogens with zero attached hydrogens (tertiary/aromatic N) is 2. The van der Waals surface area contributed by atoms with Gasteiger partial charge in [-0.1, -0.05) is 0 Å². The van der Waals surface area contributed by atoms with Gasteiger partial charge in [-0.3, -0.25) is 4.99 Å². The van der Waals surface area contributed by atoms with Crippen molar-refractivity contribution >= 4 is 5.96 Å².